The van der Waals surface area contributed by atoms with E-state index >= 15 is 0 Å². The lowest BCUT2D eigenvalue weighted by molar-refractivity contribution is -0.131. The predicted molar refractivity (Wildman–Crippen MR) is 58.9 cm³/mol. The van der Waals surface area contributed by atoms with Gasteiger partial charge < -0.3 is 9.84 Å². The summed E-state index contributed by atoms with van der Waals surface area (Å²) in [4.78, 5) is 10.6. The van der Waals surface area contributed by atoms with E-state index in [9.17, 15) is 9.18 Å². The van der Waals surface area contributed by atoms with Crippen molar-refractivity contribution in [1.82, 2.24) is 0 Å². The Hall–Kier alpha value is -1.84. The summed E-state index contributed by atoms with van der Waals surface area (Å²) < 4.78 is 18.2. The van der Waals surface area contributed by atoms with Gasteiger partial charge >= 0.3 is 5.97 Å². The molecule has 1 N–H and O–H groups in total. The van der Waals surface area contributed by atoms with Gasteiger partial charge in [0.1, 0.15) is 11.6 Å². The van der Waals surface area contributed by atoms with Crippen LogP contribution < -0.4 is 4.74 Å². The molecule has 0 saturated heterocycles. The average Bonchev–Trinajstić information content (AvgIpc) is 2.25. The number of methoxy groups -OCH3 is 1. The van der Waals surface area contributed by atoms with Gasteiger partial charge in [0.05, 0.1) is 7.11 Å². The highest BCUT2D eigenvalue weighted by Gasteiger charge is 2.09. The molecular formula is C12H13FO3. The van der Waals surface area contributed by atoms with E-state index < -0.39 is 11.8 Å². The topological polar surface area (TPSA) is 46.5 Å². The molecule has 0 unspecified atom stereocenters. The largest absolute Gasteiger partial charge is 0.496 e. The molecular weight excluding hydrogens is 211 g/mol. The van der Waals surface area contributed by atoms with Crippen LogP contribution in [0.25, 0.3) is 5.57 Å². The molecule has 0 aliphatic carbocycles. The van der Waals surface area contributed by atoms with Crippen molar-refractivity contribution in [2.75, 3.05) is 7.11 Å². The van der Waals surface area contributed by atoms with Crippen molar-refractivity contribution >= 4 is 11.5 Å². The fourth-order valence-electron chi connectivity index (χ4n) is 1.45. The molecule has 0 saturated carbocycles. The first-order valence-corrected chi connectivity index (χ1v) is 4.86. The summed E-state index contributed by atoms with van der Waals surface area (Å²) in [6.07, 6.45) is 1.56. The SMILES string of the molecule is CC/C(=C\C(=O)O)c1cc(F)ccc1OC. The number of hydrogen-bond donors (Lipinski definition) is 1. The minimum absolute atomic E-state index is 0.416. The van der Waals surface area contributed by atoms with Crippen molar-refractivity contribution < 1.29 is 19.0 Å². The smallest absolute Gasteiger partial charge is 0.328 e. The van der Waals surface area contributed by atoms with Crippen molar-refractivity contribution in [3.05, 3.63) is 35.7 Å². The van der Waals surface area contributed by atoms with Gasteiger partial charge in [-0.2, -0.15) is 0 Å². The first-order valence-electron chi connectivity index (χ1n) is 4.86. The van der Waals surface area contributed by atoms with Crippen LogP contribution in [0.3, 0.4) is 0 Å². The monoisotopic (exact) mass is 224 g/mol. The molecule has 1 rings (SSSR count). The van der Waals surface area contributed by atoms with E-state index in [1.807, 2.05) is 0 Å². The zero-order valence-corrected chi connectivity index (χ0v) is 9.16. The number of carbonyl (C=O) groups is 1. The normalized spacial score (nSPS) is 11.3. The highest BCUT2D eigenvalue weighted by Crippen LogP contribution is 2.28. The van der Waals surface area contributed by atoms with E-state index in [0.717, 1.165) is 6.08 Å². The second kappa shape index (κ2) is 5.30. The summed E-state index contributed by atoms with van der Waals surface area (Å²) in [5.41, 5.74) is 1.01. The molecule has 16 heavy (non-hydrogen) atoms. The summed E-state index contributed by atoms with van der Waals surface area (Å²) in [5, 5.41) is 8.70. The van der Waals surface area contributed by atoms with Crippen LogP contribution in [-0.4, -0.2) is 18.2 Å². The van der Waals surface area contributed by atoms with E-state index in [-0.39, 0.29) is 0 Å². The number of allylic oxidation sites excluding steroid dienone is 1. The molecule has 0 bridgehead atoms. The van der Waals surface area contributed by atoms with E-state index in [2.05, 4.69) is 0 Å². The predicted octanol–water partition coefficient (Wildman–Crippen LogP) is 2.71. The molecule has 0 aromatic heterocycles. The molecule has 0 aliphatic rings. The summed E-state index contributed by atoms with van der Waals surface area (Å²) in [5.74, 6) is -1.00. The van der Waals surface area contributed by atoms with Crippen LogP contribution in [0.1, 0.15) is 18.9 Å². The third-order valence-electron chi connectivity index (χ3n) is 2.19. The Labute approximate surface area is 93.2 Å². The van der Waals surface area contributed by atoms with E-state index in [0.29, 0.717) is 23.3 Å². The number of carboxylic acid groups (broad SMARTS) is 1. The number of aliphatic carboxylic acids is 1. The number of rotatable bonds is 4. The molecule has 4 heteroatoms. The molecule has 0 heterocycles. The van der Waals surface area contributed by atoms with Gasteiger partial charge in [-0.25, -0.2) is 9.18 Å². The Morgan fingerprint density at radius 2 is 2.25 bits per heavy atom. The Balaban J connectivity index is 3.28. The van der Waals surface area contributed by atoms with Crippen LogP contribution in [-0.2, 0) is 4.79 Å². The molecule has 0 atom stereocenters. The van der Waals surface area contributed by atoms with Gasteiger partial charge in [0, 0.05) is 11.6 Å². The minimum Gasteiger partial charge on any atom is -0.496 e. The van der Waals surface area contributed by atoms with Gasteiger partial charge in [-0.05, 0) is 30.2 Å². The molecule has 0 radical (unpaired) electrons. The van der Waals surface area contributed by atoms with Crippen LogP contribution in [0.2, 0.25) is 0 Å². The van der Waals surface area contributed by atoms with Crippen molar-refractivity contribution in [3.8, 4) is 5.75 Å². The fourth-order valence-corrected chi connectivity index (χ4v) is 1.45. The standard InChI is InChI=1S/C12H13FO3/c1-3-8(6-12(14)15)10-7-9(13)4-5-11(10)16-2/h4-7H,3H2,1-2H3,(H,14,15)/b8-6+. The van der Waals surface area contributed by atoms with Gasteiger partial charge in [0.15, 0.2) is 0 Å². The van der Waals surface area contributed by atoms with Crippen molar-refractivity contribution in [2.45, 2.75) is 13.3 Å². The van der Waals surface area contributed by atoms with Gasteiger partial charge in [-0.3, -0.25) is 0 Å². The van der Waals surface area contributed by atoms with Crippen LogP contribution in [0.4, 0.5) is 4.39 Å². The van der Waals surface area contributed by atoms with Gasteiger partial charge in [-0.1, -0.05) is 6.92 Å². The average molecular weight is 224 g/mol. The van der Waals surface area contributed by atoms with E-state index in [1.165, 1.54) is 25.3 Å². The minimum atomic E-state index is -1.05. The zero-order valence-electron chi connectivity index (χ0n) is 9.16. The summed E-state index contributed by atoms with van der Waals surface area (Å²) >= 11 is 0. The third-order valence-corrected chi connectivity index (χ3v) is 2.19. The number of carboxylic acids is 1. The lowest BCUT2D eigenvalue weighted by Crippen LogP contribution is -1.96. The summed E-state index contributed by atoms with van der Waals surface area (Å²) in [6.45, 7) is 1.80. The number of hydrogen-bond acceptors (Lipinski definition) is 2. The lowest BCUT2D eigenvalue weighted by atomic mass is 10.0. The number of benzene rings is 1. The van der Waals surface area contributed by atoms with Gasteiger partial charge in [0.25, 0.3) is 0 Å². The lowest BCUT2D eigenvalue weighted by Gasteiger charge is -2.10. The van der Waals surface area contributed by atoms with Crippen molar-refractivity contribution in [1.29, 1.82) is 0 Å². The second-order valence-electron chi connectivity index (χ2n) is 3.21. The molecule has 1 aromatic carbocycles. The second-order valence-corrected chi connectivity index (χ2v) is 3.21. The molecule has 0 aliphatic heterocycles. The fraction of sp³-hybridized carbons (Fsp3) is 0.250. The Morgan fingerprint density at radius 3 is 2.75 bits per heavy atom. The van der Waals surface area contributed by atoms with Gasteiger partial charge in [-0.15, -0.1) is 0 Å². The molecule has 0 fully saturated rings. The van der Waals surface area contributed by atoms with Crippen LogP contribution in [0.15, 0.2) is 24.3 Å². The number of halogens is 1. The Bertz CT molecular complexity index is 424. The van der Waals surface area contributed by atoms with Crippen LogP contribution in [0.5, 0.6) is 5.75 Å². The first kappa shape index (κ1) is 12.2. The summed E-state index contributed by atoms with van der Waals surface area (Å²) in [7, 11) is 1.46. The van der Waals surface area contributed by atoms with Crippen LogP contribution in [0, 0.1) is 5.82 Å². The quantitative estimate of drug-likeness (QED) is 0.800. The maximum absolute atomic E-state index is 13.1. The maximum Gasteiger partial charge on any atom is 0.328 e. The summed E-state index contributed by atoms with van der Waals surface area (Å²) in [6, 6.07) is 4.03. The Morgan fingerprint density at radius 1 is 1.56 bits per heavy atom. The van der Waals surface area contributed by atoms with E-state index in [4.69, 9.17) is 9.84 Å². The Kier molecular flexibility index (Phi) is 4.05. The molecule has 86 valence electrons. The third kappa shape index (κ3) is 2.82. The molecule has 0 spiro atoms. The van der Waals surface area contributed by atoms with Crippen molar-refractivity contribution in [2.24, 2.45) is 0 Å². The number of ether oxygens (including phenoxy) is 1. The maximum atomic E-state index is 13.1. The first-order chi connectivity index (χ1) is 7.58. The van der Waals surface area contributed by atoms with Crippen LogP contribution >= 0.6 is 0 Å². The molecule has 0 amide bonds. The van der Waals surface area contributed by atoms with E-state index in [1.54, 1.807) is 6.92 Å². The molecule has 1 aromatic rings. The van der Waals surface area contributed by atoms with Crippen molar-refractivity contribution in [3.63, 3.8) is 0 Å². The molecule has 3 nitrogen and oxygen atoms in total. The van der Waals surface area contributed by atoms with Gasteiger partial charge in [0.2, 0.25) is 0 Å². The zero-order chi connectivity index (χ0) is 12.1. The highest BCUT2D eigenvalue weighted by molar-refractivity contribution is 5.90. The highest BCUT2D eigenvalue weighted by atomic mass is 19.1.